The van der Waals surface area contributed by atoms with Crippen molar-refractivity contribution in [2.75, 3.05) is 6.54 Å². The number of hydrogen-bond acceptors (Lipinski definition) is 3. The van der Waals surface area contributed by atoms with E-state index in [0.717, 1.165) is 31.0 Å². The van der Waals surface area contributed by atoms with Crippen LogP contribution in [0.4, 0.5) is 0 Å². The Morgan fingerprint density at radius 1 is 1.37 bits per heavy atom. The molecule has 0 bridgehead atoms. The van der Waals surface area contributed by atoms with Crippen molar-refractivity contribution in [1.82, 2.24) is 15.1 Å². The Morgan fingerprint density at radius 3 is 2.84 bits per heavy atom. The van der Waals surface area contributed by atoms with Crippen LogP contribution >= 0.6 is 22.9 Å². The lowest BCUT2D eigenvalue weighted by molar-refractivity contribution is 0.515. The number of hydrogen-bond donors (Lipinski definition) is 1. The molecule has 0 spiro atoms. The van der Waals surface area contributed by atoms with Gasteiger partial charge in [0.1, 0.15) is 0 Å². The largest absolute Gasteiger partial charge is 0.304 e. The third-order valence-electron chi connectivity index (χ3n) is 2.99. The van der Waals surface area contributed by atoms with Gasteiger partial charge in [-0.1, -0.05) is 25.4 Å². The van der Waals surface area contributed by atoms with Crippen LogP contribution in [0.3, 0.4) is 0 Å². The number of thiophene rings is 1. The smallest absolute Gasteiger partial charge is 0.0856 e. The van der Waals surface area contributed by atoms with Crippen molar-refractivity contribution < 1.29 is 0 Å². The zero-order valence-corrected chi connectivity index (χ0v) is 13.0. The number of halogens is 1. The summed E-state index contributed by atoms with van der Waals surface area (Å²) in [5, 5.41) is 10.9. The normalized spacial score (nSPS) is 12.8. The Balaban J connectivity index is 2.31. The van der Waals surface area contributed by atoms with E-state index in [-0.39, 0.29) is 6.04 Å². The Labute approximate surface area is 123 Å². The summed E-state index contributed by atoms with van der Waals surface area (Å²) in [7, 11) is 0. The van der Waals surface area contributed by atoms with E-state index in [4.69, 9.17) is 11.6 Å². The number of aryl methyl sites for hydroxylation is 1. The van der Waals surface area contributed by atoms with Gasteiger partial charge in [0.05, 0.1) is 16.8 Å². The van der Waals surface area contributed by atoms with Crippen LogP contribution in [0.2, 0.25) is 5.02 Å². The molecule has 1 unspecified atom stereocenters. The van der Waals surface area contributed by atoms with Gasteiger partial charge in [-0.2, -0.15) is 5.10 Å². The molecule has 0 aliphatic rings. The van der Waals surface area contributed by atoms with E-state index < -0.39 is 0 Å². The first-order chi connectivity index (χ1) is 9.27. The van der Waals surface area contributed by atoms with Gasteiger partial charge in [0, 0.05) is 17.6 Å². The van der Waals surface area contributed by atoms with E-state index in [9.17, 15) is 0 Å². The van der Waals surface area contributed by atoms with E-state index in [1.807, 2.05) is 17.6 Å². The highest BCUT2D eigenvalue weighted by Crippen LogP contribution is 2.32. The SMILES string of the molecule is CCCNC(c1sccc1Cl)c1ccnn1CCC. The highest BCUT2D eigenvalue weighted by Gasteiger charge is 2.21. The van der Waals surface area contributed by atoms with Gasteiger partial charge in [-0.25, -0.2) is 0 Å². The van der Waals surface area contributed by atoms with Crippen LogP contribution in [0.15, 0.2) is 23.7 Å². The second kappa shape index (κ2) is 7.08. The maximum Gasteiger partial charge on any atom is 0.0856 e. The Bertz CT molecular complexity index is 506. The lowest BCUT2D eigenvalue weighted by Crippen LogP contribution is -2.25. The van der Waals surface area contributed by atoms with Crippen LogP contribution in [-0.4, -0.2) is 16.3 Å². The van der Waals surface area contributed by atoms with Crippen molar-refractivity contribution in [3.8, 4) is 0 Å². The molecule has 0 aliphatic carbocycles. The van der Waals surface area contributed by atoms with Crippen molar-refractivity contribution in [2.45, 2.75) is 39.3 Å². The molecule has 0 amide bonds. The summed E-state index contributed by atoms with van der Waals surface area (Å²) < 4.78 is 2.07. The van der Waals surface area contributed by atoms with Gasteiger partial charge >= 0.3 is 0 Å². The van der Waals surface area contributed by atoms with Crippen molar-refractivity contribution in [3.05, 3.63) is 39.3 Å². The zero-order chi connectivity index (χ0) is 13.7. The molecule has 1 atom stereocenters. The molecular formula is C14H20ClN3S. The maximum absolute atomic E-state index is 6.30. The molecule has 0 saturated heterocycles. The molecule has 3 nitrogen and oxygen atoms in total. The molecule has 2 rings (SSSR count). The van der Waals surface area contributed by atoms with Crippen LogP contribution in [0.5, 0.6) is 0 Å². The van der Waals surface area contributed by atoms with Gasteiger partial charge in [0.2, 0.25) is 0 Å². The Kier molecular flexibility index (Phi) is 5.43. The van der Waals surface area contributed by atoms with Crippen molar-refractivity contribution in [3.63, 3.8) is 0 Å². The van der Waals surface area contributed by atoms with Crippen LogP contribution in [-0.2, 0) is 6.54 Å². The first kappa shape index (κ1) is 14.6. The summed E-state index contributed by atoms with van der Waals surface area (Å²) in [4.78, 5) is 1.17. The topological polar surface area (TPSA) is 29.9 Å². The molecule has 2 heterocycles. The second-order valence-electron chi connectivity index (χ2n) is 4.50. The van der Waals surface area contributed by atoms with E-state index in [0.29, 0.717) is 0 Å². The average molecular weight is 298 g/mol. The predicted molar refractivity (Wildman–Crippen MR) is 82.0 cm³/mol. The number of rotatable bonds is 7. The minimum absolute atomic E-state index is 0.140. The first-order valence-electron chi connectivity index (χ1n) is 6.75. The quantitative estimate of drug-likeness (QED) is 0.834. The van der Waals surface area contributed by atoms with Gasteiger partial charge in [-0.15, -0.1) is 11.3 Å². The molecule has 2 aromatic rings. The summed E-state index contributed by atoms with van der Waals surface area (Å²) in [6, 6.07) is 4.18. The molecule has 0 aliphatic heterocycles. The van der Waals surface area contributed by atoms with Gasteiger partial charge in [-0.05, 0) is 36.9 Å². The fraction of sp³-hybridized carbons (Fsp3) is 0.500. The average Bonchev–Trinajstić information content (AvgIpc) is 3.01. The fourth-order valence-corrected chi connectivity index (χ4v) is 3.37. The lowest BCUT2D eigenvalue weighted by atomic mass is 10.1. The molecule has 2 aromatic heterocycles. The van der Waals surface area contributed by atoms with Crippen LogP contribution in [0, 0.1) is 0 Å². The summed E-state index contributed by atoms with van der Waals surface area (Å²) in [5.41, 5.74) is 1.19. The second-order valence-corrected chi connectivity index (χ2v) is 5.85. The fourth-order valence-electron chi connectivity index (χ4n) is 2.12. The van der Waals surface area contributed by atoms with E-state index in [1.54, 1.807) is 11.3 Å². The summed E-state index contributed by atoms with van der Waals surface area (Å²) in [6.45, 7) is 6.24. The van der Waals surface area contributed by atoms with Gasteiger partial charge in [0.25, 0.3) is 0 Å². The highest BCUT2D eigenvalue weighted by molar-refractivity contribution is 7.10. The third kappa shape index (κ3) is 3.38. The van der Waals surface area contributed by atoms with E-state index in [2.05, 4.69) is 35.0 Å². The van der Waals surface area contributed by atoms with E-state index in [1.165, 1.54) is 10.6 Å². The molecular weight excluding hydrogens is 278 g/mol. The lowest BCUT2D eigenvalue weighted by Gasteiger charge is -2.19. The standard InChI is InChI=1S/C14H20ClN3S/c1-3-7-16-13(14-11(15)6-10-19-14)12-5-8-17-18(12)9-4-2/h5-6,8,10,13,16H,3-4,7,9H2,1-2H3. The summed E-state index contributed by atoms with van der Waals surface area (Å²) >= 11 is 8.00. The monoisotopic (exact) mass is 297 g/mol. The van der Waals surface area contributed by atoms with Crippen molar-refractivity contribution in [2.24, 2.45) is 0 Å². The molecule has 19 heavy (non-hydrogen) atoms. The minimum Gasteiger partial charge on any atom is -0.304 e. The summed E-state index contributed by atoms with van der Waals surface area (Å²) in [5.74, 6) is 0. The molecule has 1 N–H and O–H groups in total. The molecule has 104 valence electrons. The van der Waals surface area contributed by atoms with Gasteiger partial charge in [-0.3, -0.25) is 4.68 Å². The Morgan fingerprint density at radius 2 is 2.21 bits per heavy atom. The molecule has 0 radical (unpaired) electrons. The predicted octanol–water partition coefficient (Wildman–Crippen LogP) is 4.10. The Hall–Kier alpha value is -0.840. The first-order valence-corrected chi connectivity index (χ1v) is 8.01. The summed E-state index contributed by atoms with van der Waals surface area (Å²) in [6.07, 6.45) is 4.04. The van der Waals surface area contributed by atoms with Gasteiger partial charge < -0.3 is 5.32 Å². The maximum atomic E-state index is 6.30. The van der Waals surface area contributed by atoms with Crippen molar-refractivity contribution in [1.29, 1.82) is 0 Å². The van der Waals surface area contributed by atoms with Gasteiger partial charge in [0.15, 0.2) is 0 Å². The number of nitrogens with one attached hydrogen (secondary N) is 1. The number of aromatic nitrogens is 2. The molecule has 5 heteroatoms. The van der Waals surface area contributed by atoms with Crippen LogP contribution in [0.25, 0.3) is 0 Å². The van der Waals surface area contributed by atoms with Crippen molar-refractivity contribution >= 4 is 22.9 Å². The molecule has 0 fully saturated rings. The molecule has 0 saturated carbocycles. The van der Waals surface area contributed by atoms with Crippen LogP contribution in [0.1, 0.15) is 43.3 Å². The minimum atomic E-state index is 0.140. The third-order valence-corrected chi connectivity index (χ3v) is 4.41. The number of nitrogens with zero attached hydrogens (tertiary/aromatic N) is 2. The van der Waals surface area contributed by atoms with Crippen LogP contribution < -0.4 is 5.32 Å². The zero-order valence-electron chi connectivity index (χ0n) is 11.4. The van der Waals surface area contributed by atoms with E-state index >= 15 is 0 Å². The highest BCUT2D eigenvalue weighted by atomic mass is 35.5. The molecule has 0 aromatic carbocycles.